The van der Waals surface area contributed by atoms with Crippen LogP contribution in [0, 0.1) is 5.82 Å². The maximum Gasteiger partial charge on any atom is 0.254 e. The first-order valence-corrected chi connectivity index (χ1v) is 8.73. The first-order chi connectivity index (χ1) is 12.6. The minimum atomic E-state index is -0.243. The molecule has 1 aliphatic rings. The SMILES string of the molecule is COc1cc(CCC(=O)N[C@H]2CCCc3c2[nH]c2ccc(F)cc32)on1. The Morgan fingerprint density at radius 2 is 2.35 bits per heavy atom. The standard InChI is InChI=1S/C19H20FN3O3/c1-25-18-10-12(26-23-18)6-8-17(24)21-16-4-2-3-13-14-9-11(20)5-7-15(14)22-19(13)16/h5,7,9-10,16,22H,2-4,6,8H2,1H3,(H,21,24)/t16-/m0/s1. The number of aromatic amines is 1. The zero-order valence-electron chi connectivity index (χ0n) is 14.5. The summed E-state index contributed by atoms with van der Waals surface area (Å²) in [6.45, 7) is 0. The fraction of sp³-hybridized carbons (Fsp3) is 0.368. The maximum absolute atomic E-state index is 13.6. The van der Waals surface area contributed by atoms with Crippen LogP contribution in [0.4, 0.5) is 4.39 Å². The number of carbonyl (C=O) groups excluding carboxylic acids is 1. The number of fused-ring (bicyclic) bond motifs is 3. The molecule has 0 saturated carbocycles. The first kappa shape index (κ1) is 16.6. The average molecular weight is 357 g/mol. The second kappa shape index (κ2) is 6.82. The van der Waals surface area contributed by atoms with Gasteiger partial charge in [-0.1, -0.05) is 0 Å². The minimum absolute atomic E-state index is 0.0527. The zero-order chi connectivity index (χ0) is 18.1. The van der Waals surface area contributed by atoms with Crippen LogP contribution in [-0.4, -0.2) is 23.2 Å². The summed E-state index contributed by atoms with van der Waals surface area (Å²) in [6.07, 6.45) is 3.48. The van der Waals surface area contributed by atoms with Gasteiger partial charge in [-0.2, -0.15) is 0 Å². The van der Waals surface area contributed by atoms with Crippen molar-refractivity contribution in [2.75, 3.05) is 7.11 Å². The molecule has 6 nitrogen and oxygen atoms in total. The third-order valence-electron chi connectivity index (χ3n) is 4.85. The fourth-order valence-corrected chi connectivity index (χ4v) is 3.59. The van der Waals surface area contributed by atoms with Crippen LogP contribution >= 0.6 is 0 Å². The highest BCUT2D eigenvalue weighted by molar-refractivity contribution is 5.85. The highest BCUT2D eigenvalue weighted by Gasteiger charge is 2.25. The molecule has 0 saturated heterocycles. The van der Waals surface area contributed by atoms with Crippen LogP contribution in [0.25, 0.3) is 10.9 Å². The molecule has 0 radical (unpaired) electrons. The van der Waals surface area contributed by atoms with Crippen LogP contribution in [0.1, 0.15) is 42.3 Å². The molecular weight excluding hydrogens is 337 g/mol. The molecule has 2 heterocycles. The van der Waals surface area contributed by atoms with Gasteiger partial charge in [-0.25, -0.2) is 4.39 Å². The van der Waals surface area contributed by atoms with Crippen LogP contribution in [0.3, 0.4) is 0 Å². The summed E-state index contributed by atoms with van der Waals surface area (Å²) < 4.78 is 23.6. The number of halogens is 1. The second-order valence-electron chi connectivity index (χ2n) is 6.56. The predicted octanol–water partition coefficient (Wildman–Crippen LogP) is 3.43. The number of methoxy groups -OCH3 is 1. The van der Waals surface area contributed by atoms with Gasteiger partial charge in [-0.05, 0) is 48.2 Å². The average Bonchev–Trinajstić information content (AvgIpc) is 3.25. The lowest BCUT2D eigenvalue weighted by Gasteiger charge is -2.23. The Morgan fingerprint density at radius 3 is 3.15 bits per heavy atom. The van der Waals surface area contributed by atoms with Crippen molar-refractivity contribution in [2.24, 2.45) is 0 Å². The third-order valence-corrected chi connectivity index (χ3v) is 4.85. The number of nitrogens with one attached hydrogen (secondary N) is 2. The Hall–Kier alpha value is -2.83. The summed E-state index contributed by atoms with van der Waals surface area (Å²) in [5.74, 6) is 0.723. The van der Waals surface area contributed by atoms with E-state index in [1.165, 1.54) is 13.2 Å². The molecule has 1 aliphatic carbocycles. The van der Waals surface area contributed by atoms with Crippen LogP contribution in [0.2, 0.25) is 0 Å². The number of carbonyl (C=O) groups is 1. The van der Waals surface area contributed by atoms with Gasteiger partial charge in [0.1, 0.15) is 11.6 Å². The van der Waals surface area contributed by atoms with Crippen LogP contribution < -0.4 is 10.1 Å². The molecule has 0 aliphatic heterocycles. The van der Waals surface area contributed by atoms with Crippen LogP contribution in [0.5, 0.6) is 5.88 Å². The number of hydrogen-bond donors (Lipinski definition) is 2. The number of ether oxygens (including phenoxy) is 1. The van der Waals surface area contributed by atoms with Gasteiger partial charge in [0.25, 0.3) is 5.88 Å². The Kier molecular flexibility index (Phi) is 4.36. The van der Waals surface area contributed by atoms with Crippen molar-refractivity contribution in [1.82, 2.24) is 15.5 Å². The Labute approximate surface area is 149 Å². The third kappa shape index (κ3) is 3.16. The number of aromatic nitrogens is 2. The molecule has 4 rings (SSSR count). The molecule has 2 aromatic heterocycles. The van der Waals surface area contributed by atoms with Gasteiger partial charge in [0.15, 0.2) is 0 Å². The van der Waals surface area contributed by atoms with E-state index >= 15 is 0 Å². The quantitative estimate of drug-likeness (QED) is 0.733. The van der Waals surface area contributed by atoms with Crippen molar-refractivity contribution in [3.05, 3.63) is 47.1 Å². The lowest BCUT2D eigenvalue weighted by molar-refractivity contribution is -0.122. The lowest BCUT2D eigenvalue weighted by Crippen LogP contribution is -2.31. The van der Waals surface area contributed by atoms with Gasteiger partial charge in [0, 0.05) is 35.5 Å². The molecule has 0 fully saturated rings. The molecule has 1 atom stereocenters. The van der Waals surface area contributed by atoms with Crippen molar-refractivity contribution in [3.63, 3.8) is 0 Å². The second-order valence-corrected chi connectivity index (χ2v) is 6.56. The van der Waals surface area contributed by atoms with E-state index < -0.39 is 0 Å². The molecule has 0 unspecified atom stereocenters. The summed E-state index contributed by atoms with van der Waals surface area (Å²) in [5, 5.41) is 7.72. The van der Waals surface area contributed by atoms with Gasteiger partial charge in [0.2, 0.25) is 5.91 Å². The Balaban J connectivity index is 1.46. The van der Waals surface area contributed by atoms with Gasteiger partial charge < -0.3 is 19.6 Å². The molecule has 1 aromatic carbocycles. The van der Waals surface area contributed by atoms with Crippen molar-refractivity contribution in [1.29, 1.82) is 0 Å². The molecule has 2 N–H and O–H groups in total. The van der Waals surface area contributed by atoms with Gasteiger partial charge >= 0.3 is 0 Å². The summed E-state index contributed by atoms with van der Waals surface area (Å²) in [6, 6.07) is 6.36. The molecule has 3 aromatic rings. The summed E-state index contributed by atoms with van der Waals surface area (Å²) in [7, 11) is 1.52. The number of H-pyrrole nitrogens is 1. The van der Waals surface area contributed by atoms with Gasteiger partial charge in [-0.3, -0.25) is 4.79 Å². The van der Waals surface area contributed by atoms with E-state index in [1.54, 1.807) is 18.2 Å². The predicted molar refractivity (Wildman–Crippen MR) is 93.5 cm³/mol. The number of nitrogens with zero attached hydrogens (tertiary/aromatic N) is 1. The van der Waals surface area contributed by atoms with E-state index in [-0.39, 0.29) is 17.8 Å². The van der Waals surface area contributed by atoms with Gasteiger partial charge in [-0.15, -0.1) is 0 Å². The van der Waals surface area contributed by atoms with Gasteiger partial charge in [0.05, 0.1) is 13.2 Å². The normalized spacial score (nSPS) is 16.5. The number of rotatable bonds is 5. The van der Waals surface area contributed by atoms with E-state index in [4.69, 9.17) is 9.26 Å². The number of hydrogen-bond acceptors (Lipinski definition) is 4. The molecule has 0 bridgehead atoms. The Morgan fingerprint density at radius 1 is 1.46 bits per heavy atom. The monoisotopic (exact) mass is 357 g/mol. The number of benzene rings is 1. The largest absolute Gasteiger partial charge is 0.479 e. The zero-order valence-corrected chi connectivity index (χ0v) is 14.5. The minimum Gasteiger partial charge on any atom is -0.479 e. The van der Waals surface area contributed by atoms with Crippen LogP contribution in [-0.2, 0) is 17.6 Å². The van der Waals surface area contributed by atoms with E-state index in [0.717, 1.165) is 41.4 Å². The van der Waals surface area contributed by atoms with Crippen molar-refractivity contribution >= 4 is 16.8 Å². The highest BCUT2D eigenvalue weighted by atomic mass is 19.1. The molecule has 7 heteroatoms. The van der Waals surface area contributed by atoms with E-state index in [9.17, 15) is 9.18 Å². The molecule has 26 heavy (non-hydrogen) atoms. The number of aryl methyl sites for hydroxylation is 2. The fourth-order valence-electron chi connectivity index (χ4n) is 3.59. The highest BCUT2D eigenvalue weighted by Crippen LogP contribution is 2.35. The maximum atomic E-state index is 13.6. The smallest absolute Gasteiger partial charge is 0.254 e. The first-order valence-electron chi connectivity index (χ1n) is 8.73. The lowest BCUT2D eigenvalue weighted by atomic mass is 9.91. The molecular formula is C19H20FN3O3. The van der Waals surface area contributed by atoms with Crippen LogP contribution in [0.15, 0.2) is 28.8 Å². The summed E-state index contributed by atoms with van der Waals surface area (Å²) >= 11 is 0. The number of amides is 1. The summed E-state index contributed by atoms with van der Waals surface area (Å²) in [4.78, 5) is 15.7. The van der Waals surface area contributed by atoms with Crippen molar-refractivity contribution < 1.29 is 18.4 Å². The van der Waals surface area contributed by atoms with Crippen molar-refractivity contribution in [2.45, 2.75) is 38.1 Å². The van der Waals surface area contributed by atoms with E-state index in [0.29, 0.717) is 24.5 Å². The Bertz CT molecular complexity index is 947. The molecule has 136 valence electrons. The van der Waals surface area contributed by atoms with E-state index in [2.05, 4.69) is 15.5 Å². The topological polar surface area (TPSA) is 80.1 Å². The molecule has 0 spiro atoms. The molecule has 1 amide bonds. The van der Waals surface area contributed by atoms with E-state index in [1.807, 2.05) is 0 Å². The van der Waals surface area contributed by atoms with Crippen molar-refractivity contribution in [3.8, 4) is 5.88 Å². The summed E-state index contributed by atoms with van der Waals surface area (Å²) in [5.41, 5.74) is 3.01.